The first-order valence-electron chi connectivity index (χ1n) is 15.9. The largest absolute Gasteiger partial charge is 0.469 e. The minimum absolute atomic E-state index is 0.00287. The summed E-state index contributed by atoms with van der Waals surface area (Å²) in [5.74, 6) is 0.414. The molecule has 0 aromatic heterocycles. The van der Waals surface area contributed by atoms with Crippen molar-refractivity contribution in [2.24, 2.45) is 11.8 Å². The average Bonchev–Trinajstić information content (AvgIpc) is 3.14. The Bertz CT molecular complexity index is 763. The van der Waals surface area contributed by atoms with Gasteiger partial charge in [0, 0.05) is 24.7 Å². The zero-order chi connectivity index (χ0) is 29.7. The fourth-order valence-electron chi connectivity index (χ4n) is 6.51. The molecule has 0 bridgehead atoms. The van der Waals surface area contributed by atoms with Crippen LogP contribution in [0.25, 0.3) is 0 Å². The van der Waals surface area contributed by atoms with Gasteiger partial charge in [-0.05, 0) is 77.3 Å². The summed E-state index contributed by atoms with van der Waals surface area (Å²) >= 11 is 0. The third kappa shape index (κ3) is 12.7. The second kappa shape index (κ2) is 17.3. The zero-order valence-electron chi connectivity index (χ0n) is 27.3. The van der Waals surface area contributed by atoms with Gasteiger partial charge in [0.25, 0.3) is 0 Å². The molecular formula is C32H62O5Si2. The van der Waals surface area contributed by atoms with Gasteiger partial charge in [0.05, 0.1) is 18.8 Å². The first-order chi connectivity index (χ1) is 18.3. The average molecular weight is 583 g/mol. The fraction of sp³-hybridized carbons (Fsp3) is 0.875. The van der Waals surface area contributed by atoms with Gasteiger partial charge in [-0.3, -0.25) is 9.59 Å². The van der Waals surface area contributed by atoms with Gasteiger partial charge in [-0.1, -0.05) is 71.4 Å². The number of Topliss-reactive ketones (excluding diaryl/α,β-unsaturated/α-hetero) is 1. The quantitative estimate of drug-likeness (QED) is 0.0619. The summed E-state index contributed by atoms with van der Waals surface area (Å²) in [5, 5.41) is 0. The molecule has 0 aromatic rings. The Morgan fingerprint density at radius 3 is 2.15 bits per heavy atom. The first kappa shape index (κ1) is 36.3. The molecular weight excluding hydrogens is 521 g/mol. The van der Waals surface area contributed by atoms with Crippen LogP contribution in [0.5, 0.6) is 0 Å². The lowest BCUT2D eigenvalue weighted by molar-refractivity contribution is -0.140. The Morgan fingerprint density at radius 1 is 1.00 bits per heavy atom. The lowest BCUT2D eigenvalue weighted by atomic mass is 9.85. The molecule has 1 aliphatic carbocycles. The summed E-state index contributed by atoms with van der Waals surface area (Å²) in [6.07, 6.45) is 12.6. The van der Waals surface area contributed by atoms with Crippen molar-refractivity contribution in [2.75, 3.05) is 7.11 Å². The molecule has 1 fully saturated rings. The molecule has 1 unspecified atom stereocenters. The standard InChI is InChI=1S/C32H62O5Si2/c1-11-15-22-32(6,37-38(8,9)10)25-26(5)23-28-27(20-18-16-17-19-21-31(34)35-7)29(33)24-30(28)36-39(12-2,13-3)14-4/h23,27-28,30H,11-22,24-25H2,1-10H3/b26-23+/t27-,28-,30-,32?/m1/s1. The van der Waals surface area contributed by atoms with Crippen LogP contribution in [0.4, 0.5) is 0 Å². The van der Waals surface area contributed by atoms with Crippen LogP contribution in [0, 0.1) is 11.8 Å². The van der Waals surface area contributed by atoms with Crippen molar-refractivity contribution in [3.63, 3.8) is 0 Å². The fourth-order valence-corrected chi connectivity index (χ4v) is 11.0. The number of rotatable bonds is 20. The lowest BCUT2D eigenvalue weighted by Crippen LogP contribution is -2.42. The van der Waals surface area contributed by atoms with Crippen LogP contribution in [-0.2, 0) is 23.2 Å². The van der Waals surface area contributed by atoms with Crippen molar-refractivity contribution in [1.82, 2.24) is 0 Å². The predicted molar refractivity (Wildman–Crippen MR) is 169 cm³/mol. The number of hydrogen-bond donors (Lipinski definition) is 0. The van der Waals surface area contributed by atoms with Crippen molar-refractivity contribution >= 4 is 28.4 Å². The number of carbonyl (C=O) groups is 2. The third-order valence-corrected chi connectivity index (χ3v) is 14.4. The molecule has 0 heterocycles. The topological polar surface area (TPSA) is 61.8 Å². The van der Waals surface area contributed by atoms with Crippen molar-refractivity contribution < 1.29 is 23.2 Å². The molecule has 0 aromatic carbocycles. The van der Waals surface area contributed by atoms with Gasteiger partial charge < -0.3 is 13.6 Å². The Balaban J connectivity index is 3.13. The molecule has 0 saturated heterocycles. The summed E-state index contributed by atoms with van der Waals surface area (Å²) in [7, 11) is -2.10. The summed E-state index contributed by atoms with van der Waals surface area (Å²) in [5.41, 5.74) is 1.17. The van der Waals surface area contributed by atoms with Gasteiger partial charge in [-0.25, -0.2) is 0 Å². The minimum Gasteiger partial charge on any atom is -0.469 e. The van der Waals surface area contributed by atoms with Gasteiger partial charge in [0.2, 0.25) is 0 Å². The van der Waals surface area contributed by atoms with E-state index in [1.165, 1.54) is 19.1 Å². The van der Waals surface area contributed by atoms with E-state index in [2.05, 4.69) is 67.3 Å². The molecule has 0 amide bonds. The molecule has 228 valence electrons. The maximum absolute atomic E-state index is 13.4. The highest BCUT2D eigenvalue weighted by molar-refractivity contribution is 6.73. The minimum atomic E-state index is -1.84. The Labute approximate surface area is 243 Å². The molecule has 0 spiro atoms. The highest BCUT2D eigenvalue weighted by Crippen LogP contribution is 2.41. The van der Waals surface area contributed by atoms with Crippen LogP contribution in [0.2, 0.25) is 37.8 Å². The highest BCUT2D eigenvalue weighted by Gasteiger charge is 2.45. The Hall–Kier alpha value is -0.766. The van der Waals surface area contributed by atoms with Gasteiger partial charge in [-0.15, -0.1) is 0 Å². The molecule has 0 radical (unpaired) electrons. The second-order valence-electron chi connectivity index (χ2n) is 13.2. The number of unbranched alkanes of at least 4 members (excludes halogenated alkanes) is 4. The van der Waals surface area contributed by atoms with E-state index in [1.807, 2.05) is 0 Å². The maximum atomic E-state index is 13.4. The lowest BCUT2D eigenvalue weighted by Gasteiger charge is -2.38. The van der Waals surface area contributed by atoms with Crippen molar-refractivity contribution in [1.29, 1.82) is 0 Å². The van der Waals surface area contributed by atoms with Crippen LogP contribution in [0.3, 0.4) is 0 Å². The monoisotopic (exact) mass is 582 g/mol. The van der Waals surface area contributed by atoms with Crippen LogP contribution in [-0.4, -0.2) is 47.2 Å². The molecule has 5 nitrogen and oxygen atoms in total. The van der Waals surface area contributed by atoms with Crippen LogP contribution in [0.1, 0.15) is 112 Å². The smallest absolute Gasteiger partial charge is 0.305 e. The van der Waals surface area contributed by atoms with Gasteiger partial charge in [-0.2, -0.15) is 0 Å². The van der Waals surface area contributed by atoms with E-state index in [-0.39, 0.29) is 29.5 Å². The van der Waals surface area contributed by atoms with E-state index < -0.39 is 16.6 Å². The van der Waals surface area contributed by atoms with Crippen molar-refractivity contribution in [3.8, 4) is 0 Å². The summed E-state index contributed by atoms with van der Waals surface area (Å²) < 4.78 is 18.5. The highest BCUT2D eigenvalue weighted by atomic mass is 28.4. The Kier molecular flexibility index (Phi) is 16.0. The van der Waals surface area contributed by atoms with Crippen molar-refractivity contribution in [2.45, 2.75) is 162 Å². The molecule has 39 heavy (non-hydrogen) atoms. The van der Waals surface area contributed by atoms with Crippen molar-refractivity contribution in [3.05, 3.63) is 11.6 Å². The van der Waals surface area contributed by atoms with Gasteiger partial charge in [0.15, 0.2) is 16.6 Å². The number of ether oxygens (including phenoxy) is 1. The van der Waals surface area contributed by atoms with Crippen LogP contribution >= 0.6 is 0 Å². The van der Waals surface area contributed by atoms with Crippen LogP contribution < -0.4 is 0 Å². The second-order valence-corrected chi connectivity index (χ2v) is 22.4. The number of hydrogen-bond acceptors (Lipinski definition) is 5. The molecule has 1 aliphatic rings. The first-order valence-corrected chi connectivity index (χ1v) is 21.9. The number of methoxy groups -OCH3 is 1. The SMILES string of the molecule is CCCCC(C)(C/C(C)=C/[C@H]1[C@H](O[Si](CC)(CC)CC)CC(=O)[C@@H]1CCCCCCC(=O)OC)O[Si](C)(C)C. The van der Waals surface area contributed by atoms with Gasteiger partial charge >= 0.3 is 5.97 Å². The molecule has 1 rings (SSSR count). The number of carbonyl (C=O) groups excluding carboxylic acids is 2. The Morgan fingerprint density at radius 2 is 1.62 bits per heavy atom. The van der Waals surface area contributed by atoms with E-state index in [0.29, 0.717) is 18.6 Å². The maximum Gasteiger partial charge on any atom is 0.305 e. The van der Waals surface area contributed by atoms with Gasteiger partial charge in [0.1, 0.15) is 5.78 Å². The van der Waals surface area contributed by atoms with E-state index >= 15 is 0 Å². The summed E-state index contributed by atoms with van der Waals surface area (Å²) in [6, 6.07) is 3.30. The zero-order valence-corrected chi connectivity index (χ0v) is 29.3. The van der Waals surface area contributed by atoms with E-state index in [9.17, 15) is 9.59 Å². The molecule has 1 saturated carbocycles. The van der Waals surface area contributed by atoms with E-state index in [4.69, 9.17) is 13.6 Å². The van der Waals surface area contributed by atoms with E-state index in [0.717, 1.165) is 69.5 Å². The summed E-state index contributed by atoms with van der Waals surface area (Å²) in [6.45, 7) is 20.4. The number of ketones is 1. The van der Waals surface area contributed by atoms with E-state index in [1.54, 1.807) is 0 Å². The molecule has 0 N–H and O–H groups in total. The predicted octanol–water partition coefficient (Wildman–Crippen LogP) is 9.23. The third-order valence-electron chi connectivity index (χ3n) is 8.66. The number of esters is 1. The normalized spacial score (nSPS) is 22.3. The summed E-state index contributed by atoms with van der Waals surface area (Å²) in [4.78, 5) is 24.8. The van der Waals surface area contributed by atoms with Crippen LogP contribution in [0.15, 0.2) is 11.6 Å². The molecule has 4 atom stereocenters. The molecule has 0 aliphatic heterocycles. The molecule has 7 heteroatoms.